The van der Waals surface area contributed by atoms with Crippen molar-refractivity contribution in [3.63, 3.8) is 0 Å². The van der Waals surface area contributed by atoms with Crippen LogP contribution >= 0.6 is 0 Å². The summed E-state index contributed by atoms with van der Waals surface area (Å²) < 4.78 is 21.8. The highest BCUT2D eigenvalue weighted by Gasteiger charge is 2.24. The highest BCUT2D eigenvalue weighted by atomic mass is 32.2. The fourth-order valence-electron chi connectivity index (χ4n) is 1.87. The lowest BCUT2D eigenvalue weighted by Gasteiger charge is -2.27. The number of sulfone groups is 1. The zero-order valence-electron chi connectivity index (χ0n) is 9.82. The molecular formula is C10H20N2O3S. The third kappa shape index (κ3) is 4.94. The molecule has 1 saturated heterocycles. The van der Waals surface area contributed by atoms with Gasteiger partial charge in [0.15, 0.2) is 0 Å². The van der Waals surface area contributed by atoms with Crippen LogP contribution in [0.5, 0.6) is 0 Å². The van der Waals surface area contributed by atoms with Crippen LogP contribution in [0.15, 0.2) is 0 Å². The van der Waals surface area contributed by atoms with Gasteiger partial charge in [0.1, 0.15) is 9.84 Å². The molecule has 0 radical (unpaired) electrons. The van der Waals surface area contributed by atoms with Crippen LogP contribution in [-0.4, -0.2) is 45.5 Å². The Bertz CT molecular complexity index is 340. The van der Waals surface area contributed by atoms with E-state index in [4.69, 9.17) is 0 Å². The van der Waals surface area contributed by atoms with Crippen molar-refractivity contribution in [2.45, 2.75) is 25.8 Å². The molecule has 2 unspecified atom stereocenters. The zero-order valence-corrected chi connectivity index (χ0v) is 10.6. The highest BCUT2D eigenvalue weighted by Crippen LogP contribution is 2.15. The molecule has 1 amide bonds. The fraction of sp³-hybridized carbons (Fsp3) is 0.900. The maximum atomic E-state index is 11.7. The van der Waals surface area contributed by atoms with Gasteiger partial charge < -0.3 is 10.6 Å². The van der Waals surface area contributed by atoms with E-state index >= 15 is 0 Å². The summed E-state index contributed by atoms with van der Waals surface area (Å²) in [4.78, 5) is 11.7. The molecule has 0 aromatic rings. The molecule has 1 rings (SSSR count). The minimum atomic E-state index is -2.99. The van der Waals surface area contributed by atoms with Crippen molar-refractivity contribution in [2.75, 3.05) is 25.1 Å². The molecule has 6 heteroatoms. The third-order valence-electron chi connectivity index (χ3n) is 2.77. The Balaban J connectivity index is 2.29. The van der Waals surface area contributed by atoms with Crippen molar-refractivity contribution < 1.29 is 13.2 Å². The van der Waals surface area contributed by atoms with Gasteiger partial charge >= 0.3 is 0 Å². The molecule has 0 aliphatic carbocycles. The van der Waals surface area contributed by atoms with Gasteiger partial charge in [-0.2, -0.15) is 0 Å². The van der Waals surface area contributed by atoms with E-state index in [1.165, 1.54) is 6.26 Å². The molecule has 0 aromatic heterocycles. The minimum Gasteiger partial charge on any atom is -0.355 e. The molecule has 2 atom stereocenters. The molecule has 0 saturated carbocycles. The zero-order chi connectivity index (χ0) is 12.2. The third-order valence-corrected chi connectivity index (χ3v) is 3.71. The van der Waals surface area contributed by atoms with Crippen molar-refractivity contribution in [1.82, 2.24) is 10.6 Å². The lowest BCUT2D eigenvalue weighted by molar-refractivity contribution is -0.125. The number of nitrogens with one attached hydrogen (secondary N) is 2. The van der Waals surface area contributed by atoms with Crippen LogP contribution < -0.4 is 10.6 Å². The van der Waals surface area contributed by atoms with E-state index in [1.54, 1.807) is 0 Å². The fourth-order valence-corrected chi connectivity index (χ4v) is 2.35. The average Bonchev–Trinajstić information content (AvgIpc) is 2.15. The summed E-state index contributed by atoms with van der Waals surface area (Å²) >= 11 is 0. The van der Waals surface area contributed by atoms with Gasteiger partial charge in [-0.3, -0.25) is 4.79 Å². The number of carbonyl (C=O) groups is 1. The summed E-state index contributed by atoms with van der Waals surface area (Å²) in [7, 11) is -2.99. The van der Waals surface area contributed by atoms with Crippen LogP contribution in [0, 0.1) is 5.92 Å². The number of piperidine rings is 1. The lowest BCUT2D eigenvalue weighted by Crippen LogP contribution is -2.43. The summed E-state index contributed by atoms with van der Waals surface area (Å²) in [5.41, 5.74) is 0. The number of carbonyl (C=O) groups excluding carboxylic acids is 1. The van der Waals surface area contributed by atoms with Crippen molar-refractivity contribution in [1.29, 1.82) is 0 Å². The van der Waals surface area contributed by atoms with Crippen LogP contribution in [-0.2, 0) is 14.6 Å². The van der Waals surface area contributed by atoms with E-state index < -0.39 is 9.84 Å². The molecule has 0 aromatic carbocycles. The van der Waals surface area contributed by atoms with E-state index in [1.807, 2.05) is 0 Å². The molecule has 16 heavy (non-hydrogen) atoms. The Morgan fingerprint density at radius 2 is 2.19 bits per heavy atom. The molecule has 1 heterocycles. The van der Waals surface area contributed by atoms with E-state index in [2.05, 4.69) is 17.6 Å². The SMILES string of the molecule is CC1CC(C(=O)NCCS(C)(=O)=O)CCN1. The van der Waals surface area contributed by atoms with Crippen LogP contribution in [0.4, 0.5) is 0 Å². The normalized spacial score (nSPS) is 26.4. The molecule has 0 spiro atoms. The maximum Gasteiger partial charge on any atom is 0.223 e. The predicted octanol–water partition coefficient (Wildman–Crippen LogP) is -0.465. The van der Waals surface area contributed by atoms with Crippen molar-refractivity contribution in [2.24, 2.45) is 5.92 Å². The van der Waals surface area contributed by atoms with Gasteiger partial charge in [0, 0.05) is 24.8 Å². The summed E-state index contributed by atoms with van der Waals surface area (Å²) in [5, 5.41) is 5.95. The summed E-state index contributed by atoms with van der Waals surface area (Å²) in [6, 6.07) is 0.361. The van der Waals surface area contributed by atoms with Gasteiger partial charge in [0.2, 0.25) is 5.91 Å². The van der Waals surface area contributed by atoms with Gasteiger partial charge in [-0.1, -0.05) is 0 Å². The lowest BCUT2D eigenvalue weighted by atomic mass is 9.92. The second kappa shape index (κ2) is 5.63. The summed E-state index contributed by atoms with van der Waals surface area (Å²) in [6.45, 7) is 3.12. The monoisotopic (exact) mass is 248 g/mol. The Kier molecular flexibility index (Phi) is 4.73. The van der Waals surface area contributed by atoms with Crippen LogP contribution in [0.25, 0.3) is 0 Å². The summed E-state index contributed by atoms with van der Waals surface area (Å²) in [5.74, 6) is 0.0204. The number of amides is 1. The predicted molar refractivity (Wildman–Crippen MR) is 62.9 cm³/mol. The van der Waals surface area contributed by atoms with Crippen molar-refractivity contribution in [3.8, 4) is 0 Å². The molecule has 94 valence electrons. The number of rotatable bonds is 4. The first kappa shape index (κ1) is 13.4. The molecule has 1 aliphatic rings. The van der Waals surface area contributed by atoms with Crippen LogP contribution in [0.3, 0.4) is 0 Å². The Morgan fingerprint density at radius 3 is 2.75 bits per heavy atom. The Morgan fingerprint density at radius 1 is 1.50 bits per heavy atom. The van der Waals surface area contributed by atoms with Crippen molar-refractivity contribution in [3.05, 3.63) is 0 Å². The first-order chi connectivity index (χ1) is 7.38. The number of hydrogen-bond donors (Lipinski definition) is 2. The standard InChI is InChI=1S/C10H20N2O3S/c1-8-7-9(3-4-11-8)10(13)12-5-6-16(2,14)15/h8-9,11H,3-7H2,1-2H3,(H,12,13). The quantitative estimate of drug-likeness (QED) is 0.705. The molecular weight excluding hydrogens is 228 g/mol. The van der Waals surface area contributed by atoms with Crippen LogP contribution in [0.2, 0.25) is 0 Å². The Labute approximate surface area is 96.9 Å². The molecule has 5 nitrogen and oxygen atoms in total. The smallest absolute Gasteiger partial charge is 0.223 e. The Hall–Kier alpha value is -0.620. The van der Waals surface area contributed by atoms with Crippen molar-refractivity contribution >= 4 is 15.7 Å². The van der Waals surface area contributed by atoms with Crippen LogP contribution in [0.1, 0.15) is 19.8 Å². The maximum absolute atomic E-state index is 11.7. The number of hydrogen-bond acceptors (Lipinski definition) is 4. The topological polar surface area (TPSA) is 75.3 Å². The minimum absolute atomic E-state index is 0.0132. The largest absolute Gasteiger partial charge is 0.355 e. The van der Waals surface area contributed by atoms with E-state index in [9.17, 15) is 13.2 Å². The van der Waals surface area contributed by atoms with E-state index in [-0.39, 0.29) is 24.1 Å². The highest BCUT2D eigenvalue weighted by molar-refractivity contribution is 7.90. The second-order valence-electron chi connectivity index (χ2n) is 4.50. The van der Waals surface area contributed by atoms with Gasteiger partial charge in [0.25, 0.3) is 0 Å². The first-order valence-electron chi connectivity index (χ1n) is 5.57. The van der Waals surface area contributed by atoms with E-state index in [0.29, 0.717) is 6.04 Å². The molecule has 1 fully saturated rings. The summed E-state index contributed by atoms with van der Waals surface area (Å²) in [6.07, 6.45) is 2.82. The van der Waals surface area contributed by atoms with Gasteiger partial charge in [-0.15, -0.1) is 0 Å². The second-order valence-corrected chi connectivity index (χ2v) is 6.76. The average molecular weight is 248 g/mol. The van der Waals surface area contributed by atoms with E-state index in [0.717, 1.165) is 19.4 Å². The molecule has 2 N–H and O–H groups in total. The first-order valence-corrected chi connectivity index (χ1v) is 7.63. The molecule has 0 bridgehead atoms. The molecule has 1 aliphatic heterocycles. The van der Waals surface area contributed by atoms with Gasteiger partial charge in [-0.25, -0.2) is 8.42 Å². The van der Waals surface area contributed by atoms with Gasteiger partial charge in [-0.05, 0) is 26.3 Å². The van der Waals surface area contributed by atoms with Gasteiger partial charge in [0.05, 0.1) is 5.75 Å².